The van der Waals surface area contributed by atoms with Crippen molar-refractivity contribution in [2.24, 2.45) is 5.92 Å². The molecule has 2 N–H and O–H groups in total. The van der Waals surface area contributed by atoms with E-state index in [1.165, 1.54) is 12.1 Å². The number of likely N-dealkylation sites (tertiary alicyclic amines) is 1. The molecule has 126 valence electrons. The standard InChI is InChI=1S/C19H20FNO3/c20-17-10-14(4-5-18(17)23)11-19(24)21-7-6-15(12-21)8-13-2-1-3-16(22)9-13/h1-5,9-10,15,22-23H,6-8,11-12H2. The third kappa shape index (κ3) is 3.85. The van der Waals surface area contributed by atoms with E-state index in [0.717, 1.165) is 18.4 Å². The van der Waals surface area contributed by atoms with Crippen LogP contribution in [-0.4, -0.2) is 34.1 Å². The third-order valence-corrected chi connectivity index (χ3v) is 4.44. The van der Waals surface area contributed by atoms with Crippen molar-refractivity contribution in [2.45, 2.75) is 19.3 Å². The van der Waals surface area contributed by atoms with Crippen LogP contribution >= 0.6 is 0 Å². The van der Waals surface area contributed by atoms with Gasteiger partial charge in [-0.3, -0.25) is 4.79 Å². The SMILES string of the molecule is O=C(Cc1ccc(O)c(F)c1)N1CCC(Cc2cccc(O)c2)C1. The highest BCUT2D eigenvalue weighted by Crippen LogP contribution is 2.24. The van der Waals surface area contributed by atoms with E-state index >= 15 is 0 Å². The zero-order valence-corrected chi connectivity index (χ0v) is 13.3. The van der Waals surface area contributed by atoms with Crippen LogP contribution in [0, 0.1) is 11.7 Å². The molecule has 1 atom stereocenters. The molecule has 24 heavy (non-hydrogen) atoms. The molecule has 1 saturated heterocycles. The molecule has 0 aliphatic carbocycles. The highest BCUT2D eigenvalue weighted by atomic mass is 19.1. The molecule has 0 saturated carbocycles. The van der Waals surface area contributed by atoms with E-state index in [9.17, 15) is 19.4 Å². The molecule has 1 unspecified atom stereocenters. The Morgan fingerprint density at radius 1 is 1.17 bits per heavy atom. The fourth-order valence-electron chi connectivity index (χ4n) is 3.19. The monoisotopic (exact) mass is 329 g/mol. The third-order valence-electron chi connectivity index (χ3n) is 4.44. The minimum Gasteiger partial charge on any atom is -0.508 e. The average Bonchev–Trinajstić information content (AvgIpc) is 2.99. The number of hydrogen-bond donors (Lipinski definition) is 2. The maximum atomic E-state index is 13.3. The van der Waals surface area contributed by atoms with E-state index in [4.69, 9.17) is 0 Å². The molecular weight excluding hydrogens is 309 g/mol. The second kappa shape index (κ2) is 6.91. The van der Waals surface area contributed by atoms with Gasteiger partial charge in [-0.2, -0.15) is 0 Å². The molecule has 2 aromatic rings. The van der Waals surface area contributed by atoms with Crippen molar-refractivity contribution in [1.29, 1.82) is 0 Å². The topological polar surface area (TPSA) is 60.8 Å². The molecule has 1 heterocycles. The van der Waals surface area contributed by atoms with Gasteiger partial charge in [-0.05, 0) is 54.2 Å². The molecule has 3 rings (SSSR count). The molecule has 1 amide bonds. The fraction of sp³-hybridized carbons (Fsp3) is 0.316. The minimum absolute atomic E-state index is 0.0292. The highest BCUT2D eigenvalue weighted by molar-refractivity contribution is 5.79. The number of amides is 1. The molecule has 1 fully saturated rings. The number of carbonyl (C=O) groups excluding carboxylic acids is 1. The molecule has 0 bridgehead atoms. The van der Waals surface area contributed by atoms with Gasteiger partial charge in [0.25, 0.3) is 0 Å². The van der Waals surface area contributed by atoms with E-state index in [0.29, 0.717) is 24.6 Å². The van der Waals surface area contributed by atoms with Crippen LogP contribution in [0.1, 0.15) is 17.5 Å². The summed E-state index contributed by atoms with van der Waals surface area (Å²) in [5.74, 6) is -0.513. The second-order valence-corrected chi connectivity index (χ2v) is 6.33. The maximum Gasteiger partial charge on any atom is 0.227 e. The summed E-state index contributed by atoms with van der Waals surface area (Å²) < 4.78 is 13.3. The Morgan fingerprint density at radius 2 is 2.00 bits per heavy atom. The zero-order chi connectivity index (χ0) is 17.1. The van der Waals surface area contributed by atoms with Crippen LogP contribution < -0.4 is 0 Å². The summed E-state index contributed by atoms with van der Waals surface area (Å²) in [6, 6.07) is 11.2. The average molecular weight is 329 g/mol. The van der Waals surface area contributed by atoms with Gasteiger partial charge in [0, 0.05) is 13.1 Å². The van der Waals surface area contributed by atoms with Crippen LogP contribution in [0.25, 0.3) is 0 Å². The molecule has 1 aliphatic rings. The van der Waals surface area contributed by atoms with Gasteiger partial charge in [0.2, 0.25) is 5.91 Å². The van der Waals surface area contributed by atoms with Crippen molar-refractivity contribution in [2.75, 3.05) is 13.1 Å². The van der Waals surface area contributed by atoms with Gasteiger partial charge in [0.15, 0.2) is 11.6 Å². The number of nitrogens with zero attached hydrogens (tertiary/aromatic N) is 1. The summed E-state index contributed by atoms with van der Waals surface area (Å²) >= 11 is 0. The molecule has 5 heteroatoms. The van der Waals surface area contributed by atoms with Gasteiger partial charge >= 0.3 is 0 Å². The van der Waals surface area contributed by atoms with E-state index < -0.39 is 11.6 Å². The Morgan fingerprint density at radius 3 is 2.75 bits per heavy atom. The van der Waals surface area contributed by atoms with Gasteiger partial charge in [0.1, 0.15) is 5.75 Å². The van der Waals surface area contributed by atoms with E-state index in [1.807, 2.05) is 12.1 Å². The first kappa shape index (κ1) is 16.3. The van der Waals surface area contributed by atoms with Gasteiger partial charge in [-0.25, -0.2) is 4.39 Å². The lowest BCUT2D eigenvalue weighted by Gasteiger charge is -2.17. The normalized spacial score (nSPS) is 17.2. The second-order valence-electron chi connectivity index (χ2n) is 6.33. The summed E-state index contributed by atoms with van der Waals surface area (Å²) in [7, 11) is 0. The van der Waals surface area contributed by atoms with Gasteiger partial charge in [0.05, 0.1) is 6.42 Å². The predicted octanol–water partition coefficient (Wildman–Crippen LogP) is 2.87. The van der Waals surface area contributed by atoms with Gasteiger partial charge < -0.3 is 15.1 Å². The van der Waals surface area contributed by atoms with Crippen molar-refractivity contribution in [3.8, 4) is 11.5 Å². The van der Waals surface area contributed by atoms with Crippen molar-refractivity contribution in [3.63, 3.8) is 0 Å². The number of benzene rings is 2. The molecule has 1 aliphatic heterocycles. The van der Waals surface area contributed by atoms with Crippen molar-refractivity contribution < 1.29 is 19.4 Å². The van der Waals surface area contributed by atoms with Crippen LogP contribution in [0.2, 0.25) is 0 Å². The molecule has 4 nitrogen and oxygen atoms in total. The lowest BCUT2D eigenvalue weighted by Crippen LogP contribution is -2.30. The summed E-state index contributed by atoms with van der Waals surface area (Å²) in [6.07, 6.45) is 1.88. The van der Waals surface area contributed by atoms with Crippen molar-refractivity contribution in [1.82, 2.24) is 4.90 Å². The van der Waals surface area contributed by atoms with E-state index in [-0.39, 0.29) is 18.1 Å². The Balaban J connectivity index is 1.56. The number of hydrogen-bond acceptors (Lipinski definition) is 3. The van der Waals surface area contributed by atoms with Crippen LogP contribution in [-0.2, 0) is 17.6 Å². The molecular formula is C19H20FNO3. The number of halogens is 1. The first-order valence-corrected chi connectivity index (χ1v) is 8.04. The quantitative estimate of drug-likeness (QED) is 0.907. The van der Waals surface area contributed by atoms with E-state index in [1.54, 1.807) is 23.1 Å². The summed E-state index contributed by atoms with van der Waals surface area (Å²) in [6.45, 7) is 1.37. The molecule has 0 aromatic heterocycles. The summed E-state index contributed by atoms with van der Waals surface area (Å²) in [5, 5.41) is 18.7. The maximum absolute atomic E-state index is 13.3. The van der Waals surface area contributed by atoms with E-state index in [2.05, 4.69) is 0 Å². The van der Waals surface area contributed by atoms with Crippen LogP contribution in [0.4, 0.5) is 4.39 Å². The summed E-state index contributed by atoms with van der Waals surface area (Å²) in [4.78, 5) is 14.2. The van der Waals surface area contributed by atoms with Crippen molar-refractivity contribution in [3.05, 3.63) is 59.4 Å². The number of rotatable bonds is 4. The number of carbonyl (C=O) groups is 1. The molecule has 0 radical (unpaired) electrons. The number of phenolic OH excluding ortho intramolecular Hbond substituents is 2. The highest BCUT2D eigenvalue weighted by Gasteiger charge is 2.26. The predicted molar refractivity (Wildman–Crippen MR) is 88.3 cm³/mol. The largest absolute Gasteiger partial charge is 0.508 e. The van der Waals surface area contributed by atoms with Crippen LogP contribution in [0.5, 0.6) is 11.5 Å². The van der Waals surface area contributed by atoms with Crippen molar-refractivity contribution >= 4 is 5.91 Å². The Labute approximate surface area is 140 Å². The minimum atomic E-state index is -0.705. The fourth-order valence-corrected chi connectivity index (χ4v) is 3.19. The van der Waals surface area contributed by atoms with Gasteiger partial charge in [-0.15, -0.1) is 0 Å². The number of phenols is 2. The van der Waals surface area contributed by atoms with Crippen LogP contribution in [0.15, 0.2) is 42.5 Å². The molecule has 2 aromatic carbocycles. The lowest BCUT2D eigenvalue weighted by molar-refractivity contribution is -0.129. The Kier molecular flexibility index (Phi) is 4.69. The lowest BCUT2D eigenvalue weighted by atomic mass is 9.98. The Bertz CT molecular complexity index is 747. The smallest absolute Gasteiger partial charge is 0.227 e. The first-order valence-electron chi connectivity index (χ1n) is 8.04. The summed E-state index contributed by atoms with van der Waals surface area (Å²) in [5.41, 5.74) is 1.63. The van der Waals surface area contributed by atoms with Gasteiger partial charge in [-0.1, -0.05) is 18.2 Å². The Hall–Kier alpha value is -2.56. The zero-order valence-electron chi connectivity index (χ0n) is 13.3. The molecule has 0 spiro atoms. The number of aromatic hydroxyl groups is 2. The first-order chi connectivity index (χ1) is 11.5. The van der Waals surface area contributed by atoms with Crippen LogP contribution in [0.3, 0.4) is 0 Å².